The molecule has 11 heteroatoms. The third-order valence-corrected chi connectivity index (χ3v) is 9.88. The Balaban J connectivity index is 1.08. The van der Waals surface area contributed by atoms with Gasteiger partial charge < -0.3 is 29.8 Å². The van der Waals surface area contributed by atoms with E-state index in [1.54, 1.807) is 66.7 Å². The molecular weight excluding hydrogens is 754 g/mol. The van der Waals surface area contributed by atoms with Crippen LogP contribution in [0.15, 0.2) is 159 Å². The highest BCUT2D eigenvalue weighted by molar-refractivity contribution is 9.10. The fraction of sp³-hybridized carbons (Fsp3) is 0.0714. The van der Waals surface area contributed by atoms with Crippen molar-refractivity contribution in [3.05, 3.63) is 167 Å². The van der Waals surface area contributed by atoms with Gasteiger partial charge in [-0.2, -0.15) is 0 Å². The topological polar surface area (TPSA) is 119 Å². The summed E-state index contributed by atoms with van der Waals surface area (Å²) in [6.07, 6.45) is 1.49. The van der Waals surface area contributed by atoms with Crippen LogP contribution < -0.4 is 25.4 Å². The van der Waals surface area contributed by atoms with Crippen molar-refractivity contribution >= 4 is 62.9 Å². The summed E-state index contributed by atoms with van der Waals surface area (Å²) in [6, 6.07) is 41.8. The summed E-state index contributed by atoms with van der Waals surface area (Å²) in [6.45, 7) is 0.928. The largest absolute Gasteiger partial charge is 0.486 e. The maximum atomic E-state index is 13.7. The van der Waals surface area contributed by atoms with E-state index in [2.05, 4.69) is 31.9 Å². The number of rotatable bonds is 11. The van der Waals surface area contributed by atoms with Crippen molar-refractivity contribution in [3.8, 4) is 22.8 Å². The molecule has 6 aromatic rings. The second kappa shape index (κ2) is 16.5. The Kier molecular flexibility index (Phi) is 11.0. The summed E-state index contributed by atoms with van der Waals surface area (Å²) in [4.78, 5) is 41.3. The fourth-order valence-electron chi connectivity index (χ4n) is 5.47. The Hall–Kier alpha value is -6.04. The van der Waals surface area contributed by atoms with Crippen molar-refractivity contribution in [2.75, 3.05) is 23.8 Å². The van der Waals surface area contributed by atoms with Crippen LogP contribution in [0.25, 0.3) is 17.4 Å². The van der Waals surface area contributed by atoms with Gasteiger partial charge in [0.15, 0.2) is 11.5 Å². The molecule has 0 unspecified atom stereocenters. The lowest BCUT2D eigenvalue weighted by Crippen LogP contribution is -2.30. The van der Waals surface area contributed by atoms with Crippen molar-refractivity contribution in [1.82, 2.24) is 5.32 Å². The molecule has 2 heterocycles. The first-order valence-electron chi connectivity index (χ1n) is 16.7. The Labute approximate surface area is 318 Å². The van der Waals surface area contributed by atoms with Crippen molar-refractivity contribution in [1.29, 1.82) is 0 Å². The molecule has 0 saturated carbocycles. The van der Waals surface area contributed by atoms with Crippen LogP contribution in [0.3, 0.4) is 0 Å². The number of halogens is 1. The van der Waals surface area contributed by atoms with Gasteiger partial charge in [-0.05, 0) is 78.4 Å². The standard InChI is InChI=1S/C42H32BrN3O6S/c43-30-13-11-27(12-14-30)36-22-18-33(52-36)26-35(46-40(47)29-9-5-2-6-10-29)41(48)44-31-15-19-34(20-16-31)53-39(28-7-3-1-4-8-28)42(49)45-32-17-21-37-38(25-32)51-24-23-50-37/h1-22,25-26,39H,23-24H2,(H,44,48)(H,45,49)(H,46,47)/b35-26-/t39-/m1/s1. The number of hydrogen-bond donors (Lipinski definition) is 3. The van der Waals surface area contributed by atoms with E-state index < -0.39 is 17.1 Å². The Morgan fingerprint density at radius 1 is 0.698 bits per heavy atom. The van der Waals surface area contributed by atoms with E-state index in [0.717, 1.165) is 20.5 Å². The van der Waals surface area contributed by atoms with Crippen molar-refractivity contribution in [3.63, 3.8) is 0 Å². The smallest absolute Gasteiger partial charge is 0.272 e. The summed E-state index contributed by atoms with van der Waals surface area (Å²) in [5.41, 5.74) is 3.17. The van der Waals surface area contributed by atoms with Crippen LogP contribution in [0, 0.1) is 0 Å². The summed E-state index contributed by atoms with van der Waals surface area (Å²) in [5, 5.41) is 8.06. The predicted octanol–water partition coefficient (Wildman–Crippen LogP) is 9.36. The van der Waals surface area contributed by atoms with Crippen LogP contribution in [-0.4, -0.2) is 30.9 Å². The first-order valence-corrected chi connectivity index (χ1v) is 18.3. The molecule has 5 aromatic carbocycles. The van der Waals surface area contributed by atoms with E-state index in [1.165, 1.54) is 17.8 Å². The van der Waals surface area contributed by atoms with Crippen LogP contribution in [0.5, 0.6) is 11.5 Å². The van der Waals surface area contributed by atoms with Crippen molar-refractivity contribution in [2.24, 2.45) is 0 Å². The van der Waals surface area contributed by atoms with Crippen molar-refractivity contribution in [2.45, 2.75) is 10.1 Å². The molecule has 0 bridgehead atoms. The monoisotopic (exact) mass is 785 g/mol. The van der Waals surface area contributed by atoms with Crippen molar-refractivity contribution < 1.29 is 28.3 Å². The van der Waals surface area contributed by atoms with E-state index in [0.29, 0.717) is 53.2 Å². The molecule has 0 saturated heterocycles. The maximum Gasteiger partial charge on any atom is 0.272 e. The van der Waals surface area contributed by atoms with Gasteiger partial charge >= 0.3 is 0 Å². The molecule has 3 amide bonds. The number of anilines is 2. The van der Waals surface area contributed by atoms with Gasteiger partial charge in [-0.25, -0.2) is 0 Å². The molecule has 1 atom stereocenters. The molecule has 1 aliphatic rings. The van der Waals surface area contributed by atoms with Crippen LogP contribution in [-0.2, 0) is 9.59 Å². The molecule has 53 heavy (non-hydrogen) atoms. The lowest BCUT2D eigenvalue weighted by molar-refractivity contribution is -0.116. The lowest BCUT2D eigenvalue weighted by atomic mass is 10.1. The van der Waals surface area contributed by atoms with Crippen LogP contribution in [0.1, 0.15) is 26.9 Å². The van der Waals surface area contributed by atoms with Gasteiger partial charge in [0.05, 0.1) is 0 Å². The van der Waals surface area contributed by atoms with Gasteiger partial charge in [-0.15, -0.1) is 11.8 Å². The lowest BCUT2D eigenvalue weighted by Gasteiger charge is -2.20. The number of furan rings is 1. The van der Waals surface area contributed by atoms with Gasteiger partial charge in [0.25, 0.3) is 11.8 Å². The molecule has 0 radical (unpaired) electrons. The zero-order valence-electron chi connectivity index (χ0n) is 28.1. The number of benzene rings is 5. The molecule has 1 aliphatic heterocycles. The zero-order valence-corrected chi connectivity index (χ0v) is 30.5. The second-order valence-corrected chi connectivity index (χ2v) is 13.9. The molecule has 0 aliphatic carbocycles. The quantitative estimate of drug-likeness (QED) is 0.0885. The van der Waals surface area contributed by atoms with E-state index in [9.17, 15) is 14.4 Å². The Morgan fingerprint density at radius 3 is 2.11 bits per heavy atom. The normalized spacial score (nSPS) is 12.7. The molecule has 264 valence electrons. The van der Waals surface area contributed by atoms with E-state index in [4.69, 9.17) is 13.9 Å². The van der Waals surface area contributed by atoms with Gasteiger partial charge in [0.1, 0.15) is 35.7 Å². The first-order chi connectivity index (χ1) is 25.9. The predicted molar refractivity (Wildman–Crippen MR) is 210 cm³/mol. The number of hydrogen-bond acceptors (Lipinski definition) is 7. The van der Waals surface area contributed by atoms with Crippen LogP contribution >= 0.6 is 27.7 Å². The van der Waals surface area contributed by atoms with E-state index >= 15 is 0 Å². The number of thioether (sulfide) groups is 1. The number of amides is 3. The summed E-state index contributed by atoms with van der Waals surface area (Å²) in [5.74, 6) is 1.03. The zero-order chi connectivity index (χ0) is 36.6. The number of carbonyl (C=O) groups excluding carboxylic acids is 3. The fourth-order valence-corrected chi connectivity index (χ4v) is 6.75. The number of ether oxygens (including phenoxy) is 2. The average molecular weight is 787 g/mol. The van der Waals surface area contributed by atoms with E-state index in [1.807, 2.05) is 72.8 Å². The number of fused-ring (bicyclic) bond motifs is 1. The summed E-state index contributed by atoms with van der Waals surface area (Å²) in [7, 11) is 0. The third kappa shape index (κ3) is 9.07. The first kappa shape index (κ1) is 35.4. The highest BCUT2D eigenvalue weighted by atomic mass is 79.9. The highest BCUT2D eigenvalue weighted by Gasteiger charge is 2.24. The van der Waals surface area contributed by atoms with Gasteiger partial charge in [-0.1, -0.05) is 76.6 Å². The average Bonchev–Trinajstić information content (AvgIpc) is 3.66. The number of carbonyl (C=O) groups is 3. The van der Waals surface area contributed by atoms with E-state index in [-0.39, 0.29) is 11.6 Å². The highest BCUT2D eigenvalue weighted by Crippen LogP contribution is 2.38. The minimum atomic E-state index is -0.580. The molecule has 9 nitrogen and oxygen atoms in total. The molecule has 7 rings (SSSR count). The van der Waals surface area contributed by atoms with Crippen LogP contribution in [0.2, 0.25) is 0 Å². The Morgan fingerprint density at radius 2 is 1.38 bits per heavy atom. The molecule has 0 fully saturated rings. The second-order valence-electron chi connectivity index (χ2n) is 11.8. The van der Waals surface area contributed by atoms with Gasteiger partial charge in [0.2, 0.25) is 5.91 Å². The van der Waals surface area contributed by atoms with Gasteiger partial charge in [0, 0.05) is 44.0 Å². The Bertz CT molecular complexity index is 2260. The summed E-state index contributed by atoms with van der Waals surface area (Å²) < 4.78 is 18.3. The minimum absolute atomic E-state index is 0.00559. The molecular formula is C42H32BrN3O6S. The minimum Gasteiger partial charge on any atom is -0.486 e. The molecule has 1 aromatic heterocycles. The third-order valence-electron chi connectivity index (χ3n) is 8.09. The van der Waals surface area contributed by atoms with Crippen LogP contribution in [0.4, 0.5) is 11.4 Å². The van der Waals surface area contributed by atoms with Gasteiger partial charge in [-0.3, -0.25) is 14.4 Å². The summed E-state index contributed by atoms with van der Waals surface area (Å²) >= 11 is 4.82. The SMILES string of the molecule is O=C(Nc1ccc(S[C@@H](C(=O)Nc2ccc3c(c2)OCCO3)c2ccccc2)cc1)/C(=C/c1ccc(-c2ccc(Br)cc2)o1)NC(=O)c1ccccc1. The number of nitrogens with one attached hydrogen (secondary N) is 3. The molecule has 0 spiro atoms. The maximum absolute atomic E-state index is 13.7. The molecule has 3 N–H and O–H groups in total.